The maximum atomic E-state index is 12.2. The molecule has 1 amide bonds. The lowest BCUT2D eigenvalue weighted by atomic mass is 10.2. The van der Waals surface area contributed by atoms with Crippen LogP contribution in [-0.4, -0.2) is 34.8 Å². The predicted molar refractivity (Wildman–Crippen MR) is 114 cm³/mol. The lowest BCUT2D eigenvalue weighted by molar-refractivity contribution is -0.113. The van der Waals surface area contributed by atoms with Crippen molar-refractivity contribution in [2.24, 2.45) is 5.14 Å². The van der Waals surface area contributed by atoms with E-state index in [2.05, 4.69) is 15.5 Å². The number of sulfonamides is 1. The van der Waals surface area contributed by atoms with Crippen LogP contribution in [0.4, 0.5) is 5.69 Å². The number of aryl methyl sites for hydroxylation is 1. The quantitative estimate of drug-likeness (QED) is 0.533. The Labute approximate surface area is 177 Å². The van der Waals surface area contributed by atoms with E-state index in [1.54, 1.807) is 35.2 Å². The number of nitrogens with one attached hydrogen (secondary N) is 1. The summed E-state index contributed by atoms with van der Waals surface area (Å²) in [4.78, 5) is 12.2. The third-order valence-electron chi connectivity index (χ3n) is 3.89. The van der Waals surface area contributed by atoms with E-state index >= 15 is 0 Å². The molecular formula is C18H18ClN5O3S2. The Hall–Kier alpha value is -2.40. The molecule has 0 unspecified atom stereocenters. The second-order valence-electron chi connectivity index (χ2n) is 6.26. The maximum absolute atomic E-state index is 12.2. The first-order valence-corrected chi connectivity index (χ1v) is 11.5. The average molecular weight is 452 g/mol. The number of nitrogens with two attached hydrogens (primary N) is 1. The molecule has 0 fully saturated rings. The van der Waals surface area contributed by atoms with Crippen LogP contribution in [-0.2, 0) is 20.6 Å². The number of carbonyl (C=O) groups excluding carboxylic acids is 1. The van der Waals surface area contributed by atoms with Crippen LogP contribution in [0.25, 0.3) is 5.69 Å². The third-order valence-corrected chi connectivity index (χ3v) is 5.97. The SMILES string of the molecule is Cc1ccc(-n2cnnc2SCC(=O)Nc2ccc(CS(N)(=O)=O)cc2)cc1Cl. The largest absolute Gasteiger partial charge is 0.325 e. The van der Waals surface area contributed by atoms with Crippen molar-refractivity contribution in [3.63, 3.8) is 0 Å². The summed E-state index contributed by atoms with van der Waals surface area (Å²) in [7, 11) is -3.59. The fourth-order valence-electron chi connectivity index (χ4n) is 2.48. The Morgan fingerprint density at radius 3 is 2.62 bits per heavy atom. The van der Waals surface area contributed by atoms with Crippen molar-refractivity contribution in [2.75, 3.05) is 11.1 Å². The second-order valence-corrected chi connectivity index (χ2v) is 9.22. The molecular weight excluding hydrogens is 434 g/mol. The van der Waals surface area contributed by atoms with E-state index in [0.717, 1.165) is 11.3 Å². The van der Waals surface area contributed by atoms with E-state index in [9.17, 15) is 13.2 Å². The van der Waals surface area contributed by atoms with Gasteiger partial charge in [-0.15, -0.1) is 10.2 Å². The van der Waals surface area contributed by atoms with Crippen LogP contribution in [0.3, 0.4) is 0 Å². The zero-order chi connectivity index (χ0) is 21.0. The highest BCUT2D eigenvalue weighted by molar-refractivity contribution is 7.99. The molecule has 3 aromatic rings. The van der Waals surface area contributed by atoms with Gasteiger partial charge in [-0.3, -0.25) is 9.36 Å². The molecule has 1 aromatic heterocycles. The fourth-order valence-corrected chi connectivity index (χ4v) is 4.04. The number of benzene rings is 2. The van der Waals surface area contributed by atoms with Crippen molar-refractivity contribution < 1.29 is 13.2 Å². The van der Waals surface area contributed by atoms with E-state index in [4.69, 9.17) is 16.7 Å². The molecule has 152 valence electrons. The number of amides is 1. The van der Waals surface area contributed by atoms with Crippen molar-refractivity contribution in [2.45, 2.75) is 17.8 Å². The summed E-state index contributed by atoms with van der Waals surface area (Å²) < 4.78 is 24.0. The first-order valence-electron chi connectivity index (χ1n) is 8.40. The second kappa shape index (κ2) is 8.95. The molecule has 3 N–H and O–H groups in total. The minimum absolute atomic E-state index is 0.122. The standard InChI is InChI=1S/C18H18ClN5O3S2/c1-12-2-7-15(8-16(12)19)24-11-21-23-18(24)28-9-17(25)22-14-5-3-13(4-6-14)10-29(20,26)27/h2-8,11H,9-10H2,1H3,(H,22,25)(H2,20,26,27). The minimum atomic E-state index is -3.59. The van der Waals surface area contributed by atoms with Gasteiger partial charge in [0.05, 0.1) is 17.2 Å². The minimum Gasteiger partial charge on any atom is -0.325 e. The van der Waals surface area contributed by atoms with E-state index in [0.29, 0.717) is 21.4 Å². The number of primary sulfonamides is 1. The molecule has 29 heavy (non-hydrogen) atoms. The van der Waals surface area contributed by atoms with Gasteiger partial charge in [0.2, 0.25) is 15.9 Å². The monoisotopic (exact) mass is 451 g/mol. The Morgan fingerprint density at radius 2 is 1.97 bits per heavy atom. The van der Waals surface area contributed by atoms with Crippen molar-refractivity contribution in [3.8, 4) is 5.69 Å². The van der Waals surface area contributed by atoms with Crippen LogP contribution in [0.15, 0.2) is 53.9 Å². The van der Waals surface area contributed by atoms with E-state index in [1.165, 1.54) is 11.8 Å². The fraction of sp³-hybridized carbons (Fsp3) is 0.167. The molecule has 1 heterocycles. The molecule has 3 rings (SSSR count). The number of hydrogen-bond donors (Lipinski definition) is 2. The summed E-state index contributed by atoms with van der Waals surface area (Å²) in [5.41, 5.74) is 2.87. The maximum Gasteiger partial charge on any atom is 0.234 e. The van der Waals surface area contributed by atoms with Gasteiger partial charge in [-0.25, -0.2) is 13.6 Å². The lowest BCUT2D eigenvalue weighted by Crippen LogP contribution is -2.15. The van der Waals surface area contributed by atoms with Crippen molar-refractivity contribution in [3.05, 3.63) is 64.9 Å². The molecule has 0 bridgehead atoms. The first-order chi connectivity index (χ1) is 13.7. The number of nitrogens with zero attached hydrogens (tertiary/aromatic N) is 3. The summed E-state index contributed by atoms with van der Waals surface area (Å²) in [6, 6.07) is 12.1. The highest BCUT2D eigenvalue weighted by Crippen LogP contribution is 2.24. The number of rotatable bonds is 7. The summed E-state index contributed by atoms with van der Waals surface area (Å²) in [5, 5.41) is 16.9. The number of aromatic nitrogens is 3. The molecule has 0 radical (unpaired) electrons. The smallest absolute Gasteiger partial charge is 0.234 e. The number of carbonyl (C=O) groups is 1. The van der Waals surface area contributed by atoms with Crippen LogP contribution in [0.5, 0.6) is 0 Å². The van der Waals surface area contributed by atoms with Gasteiger partial charge in [-0.1, -0.05) is 41.6 Å². The van der Waals surface area contributed by atoms with Gasteiger partial charge in [-0.2, -0.15) is 0 Å². The molecule has 0 spiro atoms. The molecule has 0 aliphatic carbocycles. The van der Waals surface area contributed by atoms with Gasteiger partial charge >= 0.3 is 0 Å². The summed E-state index contributed by atoms with van der Waals surface area (Å²) in [5.74, 6) is -0.363. The van der Waals surface area contributed by atoms with Crippen molar-refractivity contribution in [1.82, 2.24) is 14.8 Å². The molecule has 0 saturated carbocycles. The molecule has 0 atom stereocenters. The Morgan fingerprint density at radius 1 is 1.24 bits per heavy atom. The van der Waals surface area contributed by atoms with Gasteiger partial charge < -0.3 is 5.32 Å². The van der Waals surface area contributed by atoms with Crippen LogP contribution in [0.1, 0.15) is 11.1 Å². The number of hydrogen-bond acceptors (Lipinski definition) is 6. The normalized spacial score (nSPS) is 11.4. The van der Waals surface area contributed by atoms with Gasteiger partial charge in [0, 0.05) is 10.7 Å². The topological polar surface area (TPSA) is 120 Å². The molecule has 0 aliphatic heterocycles. The molecule has 0 saturated heterocycles. The zero-order valence-electron chi connectivity index (χ0n) is 15.4. The third kappa shape index (κ3) is 6.04. The van der Waals surface area contributed by atoms with Gasteiger partial charge in [0.15, 0.2) is 5.16 Å². The Balaban J connectivity index is 1.60. The van der Waals surface area contributed by atoms with Crippen molar-refractivity contribution in [1.29, 1.82) is 0 Å². The van der Waals surface area contributed by atoms with Crippen LogP contribution in [0, 0.1) is 6.92 Å². The zero-order valence-corrected chi connectivity index (χ0v) is 17.8. The Bertz CT molecular complexity index is 1130. The number of anilines is 1. The van der Waals surface area contributed by atoms with E-state index < -0.39 is 10.0 Å². The lowest BCUT2D eigenvalue weighted by Gasteiger charge is -2.08. The van der Waals surface area contributed by atoms with Gasteiger partial charge in [-0.05, 0) is 42.3 Å². The summed E-state index contributed by atoms with van der Waals surface area (Å²) in [6.45, 7) is 1.92. The number of halogens is 1. The van der Waals surface area contributed by atoms with Gasteiger partial charge in [0.25, 0.3) is 0 Å². The van der Waals surface area contributed by atoms with Crippen LogP contribution < -0.4 is 10.5 Å². The first kappa shape index (κ1) is 21.3. The van der Waals surface area contributed by atoms with Gasteiger partial charge in [0.1, 0.15) is 6.33 Å². The molecule has 11 heteroatoms. The molecule has 0 aliphatic rings. The highest BCUT2D eigenvalue weighted by atomic mass is 35.5. The predicted octanol–water partition coefficient (Wildman–Crippen LogP) is 2.75. The Kier molecular flexibility index (Phi) is 6.58. The van der Waals surface area contributed by atoms with Crippen molar-refractivity contribution >= 4 is 45.0 Å². The van der Waals surface area contributed by atoms with E-state index in [-0.39, 0.29) is 17.4 Å². The summed E-state index contributed by atoms with van der Waals surface area (Å²) >= 11 is 7.42. The van der Waals surface area contributed by atoms with Crippen LogP contribution in [0.2, 0.25) is 5.02 Å². The van der Waals surface area contributed by atoms with E-state index in [1.807, 2.05) is 25.1 Å². The number of thioether (sulfide) groups is 1. The van der Waals surface area contributed by atoms with Crippen LogP contribution >= 0.6 is 23.4 Å². The highest BCUT2D eigenvalue weighted by Gasteiger charge is 2.12. The molecule has 2 aromatic carbocycles. The summed E-state index contributed by atoms with van der Waals surface area (Å²) in [6.07, 6.45) is 1.56. The molecule has 8 nitrogen and oxygen atoms in total. The average Bonchev–Trinajstić information content (AvgIpc) is 3.11.